The zero-order valence-corrected chi connectivity index (χ0v) is 11.7. The van der Waals surface area contributed by atoms with Gasteiger partial charge in [-0.2, -0.15) is 11.8 Å². The summed E-state index contributed by atoms with van der Waals surface area (Å²) in [5.41, 5.74) is 1.97. The number of thioether (sulfide) groups is 1. The molecule has 1 saturated heterocycles. The van der Waals surface area contributed by atoms with Crippen LogP contribution in [0.1, 0.15) is 49.8 Å². The molecule has 98 valence electrons. The van der Waals surface area contributed by atoms with E-state index in [9.17, 15) is 5.11 Å². The molecule has 0 bridgehead atoms. The third-order valence-electron chi connectivity index (χ3n) is 4.59. The topological polar surface area (TPSA) is 33.1 Å². The maximum absolute atomic E-state index is 11.2. The molecule has 2 heterocycles. The van der Waals surface area contributed by atoms with Crippen molar-refractivity contribution in [3.05, 3.63) is 29.6 Å². The molecule has 3 rings (SSSR count). The number of hydrogen-bond acceptors (Lipinski definition) is 3. The van der Waals surface area contributed by atoms with Crippen LogP contribution in [0, 0.1) is 0 Å². The standard InChI is InChI=1S/C15H21NOS/c1-11-15(17,8-4-10-18-11)13-7-2-5-12-6-3-9-16-14(12)13/h3,6,9,11,13,17H,2,4-5,7-8,10H2,1H3. The molecule has 1 N–H and O–H groups in total. The summed E-state index contributed by atoms with van der Waals surface area (Å²) in [5, 5.41) is 11.5. The molecule has 3 heteroatoms. The van der Waals surface area contributed by atoms with Gasteiger partial charge in [0.1, 0.15) is 0 Å². The average molecular weight is 263 g/mol. The Morgan fingerprint density at radius 1 is 1.44 bits per heavy atom. The summed E-state index contributed by atoms with van der Waals surface area (Å²) >= 11 is 1.92. The highest BCUT2D eigenvalue weighted by atomic mass is 32.2. The number of aryl methyl sites for hydroxylation is 1. The normalized spacial score (nSPS) is 36.1. The van der Waals surface area contributed by atoms with Crippen LogP contribution in [-0.4, -0.2) is 26.7 Å². The number of nitrogens with zero attached hydrogens (tertiary/aromatic N) is 1. The molecule has 0 amide bonds. The van der Waals surface area contributed by atoms with Crippen molar-refractivity contribution in [2.24, 2.45) is 0 Å². The van der Waals surface area contributed by atoms with Crippen molar-refractivity contribution < 1.29 is 5.11 Å². The Morgan fingerprint density at radius 3 is 3.17 bits per heavy atom. The molecule has 0 saturated carbocycles. The molecule has 1 aliphatic carbocycles. The van der Waals surface area contributed by atoms with Gasteiger partial charge in [0.15, 0.2) is 0 Å². The number of hydrogen-bond donors (Lipinski definition) is 1. The van der Waals surface area contributed by atoms with Gasteiger partial charge in [-0.1, -0.05) is 13.0 Å². The minimum absolute atomic E-state index is 0.241. The summed E-state index contributed by atoms with van der Waals surface area (Å²) in [5.74, 6) is 1.43. The molecule has 0 spiro atoms. The van der Waals surface area contributed by atoms with E-state index in [1.165, 1.54) is 23.4 Å². The molecule has 3 atom stereocenters. The fraction of sp³-hybridized carbons (Fsp3) is 0.667. The van der Waals surface area contributed by atoms with Crippen LogP contribution in [0.4, 0.5) is 0 Å². The molecule has 2 aliphatic rings. The summed E-state index contributed by atoms with van der Waals surface area (Å²) in [6.45, 7) is 2.18. The van der Waals surface area contributed by atoms with Gasteiger partial charge in [0.2, 0.25) is 0 Å². The second-order valence-electron chi connectivity index (χ2n) is 5.60. The molecule has 0 radical (unpaired) electrons. The molecule has 1 aliphatic heterocycles. The largest absolute Gasteiger partial charge is 0.388 e. The van der Waals surface area contributed by atoms with Crippen molar-refractivity contribution in [2.45, 2.75) is 55.8 Å². The summed E-state index contributed by atoms with van der Waals surface area (Å²) < 4.78 is 0. The predicted molar refractivity (Wildman–Crippen MR) is 76.0 cm³/mol. The number of rotatable bonds is 1. The smallest absolute Gasteiger partial charge is 0.0846 e. The minimum atomic E-state index is -0.549. The Morgan fingerprint density at radius 2 is 2.33 bits per heavy atom. The molecule has 0 aromatic carbocycles. The first-order valence-corrected chi connectivity index (χ1v) is 8.04. The van der Waals surface area contributed by atoms with Gasteiger partial charge in [-0.05, 0) is 49.5 Å². The summed E-state index contributed by atoms with van der Waals surface area (Å²) in [6, 6.07) is 4.20. The Balaban J connectivity index is 1.97. The van der Waals surface area contributed by atoms with Gasteiger partial charge < -0.3 is 5.11 Å². The third kappa shape index (κ3) is 1.97. The molecule has 3 unspecified atom stereocenters. The van der Waals surface area contributed by atoms with E-state index in [2.05, 4.69) is 18.0 Å². The van der Waals surface area contributed by atoms with E-state index in [1.807, 2.05) is 24.0 Å². The van der Waals surface area contributed by atoms with Crippen LogP contribution in [0.2, 0.25) is 0 Å². The van der Waals surface area contributed by atoms with Crippen LogP contribution in [0.5, 0.6) is 0 Å². The quantitative estimate of drug-likeness (QED) is 0.845. The monoisotopic (exact) mass is 263 g/mol. The summed E-state index contributed by atoms with van der Waals surface area (Å²) in [4.78, 5) is 4.59. The van der Waals surface area contributed by atoms with E-state index in [0.29, 0.717) is 5.25 Å². The van der Waals surface area contributed by atoms with Gasteiger partial charge in [0.05, 0.1) is 5.60 Å². The van der Waals surface area contributed by atoms with E-state index in [-0.39, 0.29) is 5.92 Å². The highest BCUT2D eigenvalue weighted by Gasteiger charge is 2.46. The predicted octanol–water partition coefficient (Wildman–Crippen LogP) is 3.15. The highest BCUT2D eigenvalue weighted by Crippen LogP contribution is 2.47. The van der Waals surface area contributed by atoms with Crippen LogP contribution in [0.25, 0.3) is 0 Å². The van der Waals surface area contributed by atoms with Gasteiger partial charge in [-0.15, -0.1) is 0 Å². The van der Waals surface area contributed by atoms with Crippen molar-refractivity contribution in [2.75, 3.05) is 5.75 Å². The van der Waals surface area contributed by atoms with E-state index >= 15 is 0 Å². The van der Waals surface area contributed by atoms with E-state index in [1.54, 1.807) is 0 Å². The van der Waals surface area contributed by atoms with E-state index in [0.717, 1.165) is 25.7 Å². The fourth-order valence-corrected chi connectivity index (χ4v) is 4.75. The Bertz CT molecular complexity index is 436. The van der Waals surface area contributed by atoms with Crippen molar-refractivity contribution >= 4 is 11.8 Å². The fourth-order valence-electron chi connectivity index (χ4n) is 3.52. The maximum atomic E-state index is 11.2. The summed E-state index contributed by atoms with van der Waals surface area (Å²) in [7, 11) is 0. The zero-order valence-electron chi connectivity index (χ0n) is 10.9. The van der Waals surface area contributed by atoms with E-state index < -0.39 is 5.60 Å². The lowest BCUT2D eigenvalue weighted by Crippen LogP contribution is -2.48. The molecule has 1 aromatic rings. The molecule has 18 heavy (non-hydrogen) atoms. The van der Waals surface area contributed by atoms with Crippen LogP contribution >= 0.6 is 11.8 Å². The Labute approximate surface area is 113 Å². The van der Waals surface area contributed by atoms with Gasteiger partial charge >= 0.3 is 0 Å². The molecule has 1 fully saturated rings. The summed E-state index contributed by atoms with van der Waals surface area (Å²) in [6.07, 6.45) is 7.33. The van der Waals surface area contributed by atoms with Crippen LogP contribution in [0.15, 0.2) is 18.3 Å². The van der Waals surface area contributed by atoms with E-state index in [4.69, 9.17) is 0 Å². The van der Waals surface area contributed by atoms with Crippen molar-refractivity contribution in [1.29, 1.82) is 0 Å². The first-order chi connectivity index (χ1) is 8.72. The molecular formula is C15H21NOS. The maximum Gasteiger partial charge on any atom is 0.0846 e. The van der Waals surface area contributed by atoms with Crippen molar-refractivity contribution in [1.82, 2.24) is 4.98 Å². The third-order valence-corrected chi connectivity index (χ3v) is 6.02. The number of pyridine rings is 1. The minimum Gasteiger partial charge on any atom is -0.388 e. The second kappa shape index (κ2) is 4.86. The van der Waals surface area contributed by atoms with Crippen LogP contribution in [-0.2, 0) is 6.42 Å². The average Bonchev–Trinajstić information content (AvgIpc) is 2.41. The van der Waals surface area contributed by atoms with Crippen LogP contribution < -0.4 is 0 Å². The Hall–Kier alpha value is -0.540. The van der Waals surface area contributed by atoms with Gasteiger partial charge in [-0.25, -0.2) is 0 Å². The van der Waals surface area contributed by atoms with Crippen molar-refractivity contribution in [3.8, 4) is 0 Å². The van der Waals surface area contributed by atoms with Gasteiger partial charge in [-0.3, -0.25) is 4.98 Å². The zero-order chi connectivity index (χ0) is 12.6. The molecule has 1 aromatic heterocycles. The number of aliphatic hydroxyl groups is 1. The number of aromatic nitrogens is 1. The van der Waals surface area contributed by atoms with Crippen LogP contribution in [0.3, 0.4) is 0 Å². The second-order valence-corrected chi connectivity index (χ2v) is 7.05. The highest BCUT2D eigenvalue weighted by molar-refractivity contribution is 8.00. The lowest BCUT2D eigenvalue weighted by Gasteiger charge is -2.45. The van der Waals surface area contributed by atoms with Crippen molar-refractivity contribution in [3.63, 3.8) is 0 Å². The first-order valence-electron chi connectivity index (χ1n) is 6.99. The first kappa shape index (κ1) is 12.5. The lowest BCUT2D eigenvalue weighted by molar-refractivity contribution is -0.00488. The van der Waals surface area contributed by atoms with Gasteiger partial charge in [0, 0.05) is 23.1 Å². The SMILES string of the molecule is CC1SCCCC1(O)C1CCCc2cccnc21. The lowest BCUT2D eigenvalue weighted by atomic mass is 9.72. The molecular weight excluding hydrogens is 242 g/mol. The number of fused-ring (bicyclic) bond motifs is 1. The molecule has 2 nitrogen and oxygen atoms in total. The Kier molecular flexibility index (Phi) is 3.37. The van der Waals surface area contributed by atoms with Gasteiger partial charge in [0.25, 0.3) is 0 Å².